The predicted octanol–water partition coefficient (Wildman–Crippen LogP) is 3.55. The minimum Gasteiger partial charge on any atom is -0.465 e. The number of hydrogen-bond acceptors (Lipinski definition) is 9. The van der Waals surface area contributed by atoms with Gasteiger partial charge in [-0.3, -0.25) is 14.2 Å². The van der Waals surface area contributed by atoms with Crippen LogP contribution in [0, 0.1) is 0 Å². The van der Waals surface area contributed by atoms with E-state index in [1.165, 1.54) is 30.2 Å². The molecule has 0 saturated carbocycles. The first kappa shape index (κ1) is 23.2. The van der Waals surface area contributed by atoms with Gasteiger partial charge in [0.2, 0.25) is 5.91 Å². The van der Waals surface area contributed by atoms with Crippen molar-refractivity contribution >= 4 is 56.1 Å². The predicted molar refractivity (Wildman–Crippen MR) is 131 cm³/mol. The van der Waals surface area contributed by atoms with Gasteiger partial charge in [0.25, 0.3) is 5.56 Å². The number of amides is 1. The van der Waals surface area contributed by atoms with Gasteiger partial charge in [0.05, 0.1) is 24.1 Å². The highest BCUT2D eigenvalue weighted by Crippen LogP contribution is 2.30. The summed E-state index contributed by atoms with van der Waals surface area (Å²) in [6, 6.07) is 6.51. The van der Waals surface area contributed by atoms with E-state index in [2.05, 4.69) is 20.2 Å². The van der Waals surface area contributed by atoms with Crippen LogP contribution in [0.4, 0.5) is 10.8 Å². The lowest BCUT2D eigenvalue weighted by Crippen LogP contribution is -2.25. The molecular formula is C22H25N5O4S2. The van der Waals surface area contributed by atoms with Crippen molar-refractivity contribution in [1.82, 2.24) is 14.5 Å². The monoisotopic (exact) mass is 487 g/mol. The molecule has 2 aromatic heterocycles. The van der Waals surface area contributed by atoms with Crippen molar-refractivity contribution in [1.29, 1.82) is 0 Å². The van der Waals surface area contributed by atoms with Crippen LogP contribution in [0.2, 0.25) is 0 Å². The average molecular weight is 488 g/mol. The number of esters is 1. The molecule has 33 heavy (non-hydrogen) atoms. The minimum absolute atomic E-state index is 0.0172. The number of rotatable bonds is 7. The second-order valence-corrected chi connectivity index (χ2v) is 9.80. The first-order valence-electron chi connectivity index (χ1n) is 10.7. The van der Waals surface area contributed by atoms with Crippen LogP contribution in [0.5, 0.6) is 0 Å². The molecule has 3 aromatic rings. The summed E-state index contributed by atoms with van der Waals surface area (Å²) in [5.41, 5.74) is 0.919. The number of aromatic nitrogens is 3. The minimum atomic E-state index is -0.531. The largest absolute Gasteiger partial charge is 0.465 e. The van der Waals surface area contributed by atoms with Crippen LogP contribution in [0.15, 0.2) is 34.2 Å². The summed E-state index contributed by atoms with van der Waals surface area (Å²) in [5.74, 6) is -0.836. The molecule has 0 radical (unpaired) electrons. The van der Waals surface area contributed by atoms with Crippen molar-refractivity contribution < 1.29 is 14.3 Å². The zero-order valence-corrected chi connectivity index (χ0v) is 20.3. The number of benzene rings is 1. The third-order valence-corrected chi connectivity index (χ3v) is 7.30. The van der Waals surface area contributed by atoms with Gasteiger partial charge in [-0.15, -0.1) is 0 Å². The number of para-hydroxylation sites is 1. The molecule has 0 aliphatic carbocycles. The first-order valence-corrected chi connectivity index (χ1v) is 12.5. The Balaban J connectivity index is 1.57. The summed E-state index contributed by atoms with van der Waals surface area (Å²) in [6.45, 7) is 5.70. The molecule has 1 aliphatic rings. The number of thioether (sulfide) groups is 1. The van der Waals surface area contributed by atoms with Crippen molar-refractivity contribution in [2.75, 3.05) is 36.2 Å². The fourth-order valence-electron chi connectivity index (χ4n) is 3.65. The molecule has 1 fully saturated rings. The van der Waals surface area contributed by atoms with E-state index in [1.807, 2.05) is 13.8 Å². The molecule has 0 bridgehead atoms. The Morgan fingerprint density at radius 3 is 2.64 bits per heavy atom. The maximum Gasteiger partial charge on any atom is 0.339 e. The van der Waals surface area contributed by atoms with Gasteiger partial charge in [0, 0.05) is 19.1 Å². The molecule has 0 atom stereocenters. The van der Waals surface area contributed by atoms with E-state index in [-0.39, 0.29) is 28.8 Å². The Hall–Kier alpha value is -2.92. The maximum atomic E-state index is 13.2. The summed E-state index contributed by atoms with van der Waals surface area (Å²) in [4.78, 5) is 49.2. The Kier molecular flexibility index (Phi) is 6.99. The van der Waals surface area contributed by atoms with Gasteiger partial charge in [-0.05, 0) is 38.8 Å². The van der Waals surface area contributed by atoms with E-state index in [1.54, 1.807) is 28.8 Å². The summed E-state index contributed by atoms with van der Waals surface area (Å²) >= 11 is 2.55. The number of nitrogens with one attached hydrogen (secondary N) is 1. The molecule has 1 N–H and O–H groups in total. The van der Waals surface area contributed by atoms with Crippen molar-refractivity contribution in [2.45, 2.75) is 37.9 Å². The zero-order chi connectivity index (χ0) is 23.5. The number of carbonyl (C=O) groups is 2. The van der Waals surface area contributed by atoms with Gasteiger partial charge in [-0.1, -0.05) is 35.2 Å². The average Bonchev–Trinajstić information content (AvgIpc) is 3.47. The SMILES string of the molecule is COC(=O)c1ccccc1NC(=O)CSc1nc2nc(N3CCCC3)sc2c(=O)n1C(C)C. The number of ether oxygens (including phenoxy) is 1. The van der Waals surface area contributed by atoms with E-state index < -0.39 is 5.97 Å². The zero-order valence-electron chi connectivity index (χ0n) is 18.7. The number of nitrogens with zero attached hydrogens (tertiary/aromatic N) is 4. The molecule has 1 amide bonds. The lowest BCUT2D eigenvalue weighted by atomic mass is 10.2. The molecule has 174 valence electrons. The normalized spacial score (nSPS) is 13.6. The van der Waals surface area contributed by atoms with Crippen LogP contribution in [-0.2, 0) is 9.53 Å². The Bertz CT molecular complexity index is 1250. The Labute approximate surface area is 199 Å². The van der Waals surface area contributed by atoms with Crippen LogP contribution < -0.4 is 15.8 Å². The van der Waals surface area contributed by atoms with E-state index in [0.717, 1.165) is 31.1 Å². The van der Waals surface area contributed by atoms with Gasteiger partial charge in [-0.2, -0.15) is 4.98 Å². The van der Waals surface area contributed by atoms with Gasteiger partial charge in [0.15, 0.2) is 15.9 Å². The molecule has 4 rings (SSSR count). The van der Waals surface area contributed by atoms with Gasteiger partial charge < -0.3 is 15.0 Å². The van der Waals surface area contributed by atoms with Gasteiger partial charge >= 0.3 is 5.97 Å². The summed E-state index contributed by atoms with van der Waals surface area (Å²) in [7, 11) is 1.29. The molecule has 3 heterocycles. The van der Waals surface area contributed by atoms with Crippen LogP contribution in [0.25, 0.3) is 10.3 Å². The van der Waals surface area contributed by atoms with Gasteiger partial charge in [0.1, 0.15) is 4.70 Å². The third-order valence-electron chi connectivity index (χ3n) is 5.25. The molecule has 1 aromatic carbocycles. The maximum absolute atomic E-state index is 13.2. The second kappa shape index (κ2) is 9.92. The van der Waals surface area contributed by atoms with Crippen molar-refractivity contribution in [2.24, 2.45) is 0 Å². The number of hydrogen-bond donors (Lipinski definition) is 1. The lowest BCUT2D eigenvalue weighted by molar-refractivity contribution is -0.113. The third kappa shape index (κ3) is 4.88. The van der Waals surface area contributed by atoms with E-state index >= 15 is 0 Å². The van der Waals surface area contributed by atoms with Crippen molar-refractivity contribution in [3.8, 4) is 0 Å². The fourth-order valence-corrected chi connectivity index (χ4v) is 5.57. The summed E-state index contributed by atoms with van der Waals surface area (Å²) < 4.78 is 6.91. The Morgan fingerprint density at radius 2 is 1.94 bits per heavy atom. The Morgan fingerprint density at radius 1 is 1.21 bits per heavy atom. The summed E-state index contributed by atoms with van der Waals surface area (Å²) in [6.07, 6.45) is 2.24. The topological polar surface area (TPSA) is 106 Å². The molecule has 0 unspecified atom stereocenters. The molecule has 0 spiro atoms. The van der Waals surface area contributed by atoms with Gasteiger partial charge in [-0.25, -0.2) is 9.78 Å². The number of fused-ring (bicyclic) bond motifs is 1. The summed E-state index contributed by atoms with van der Waals surface area (Å²) in [5, 5.41) is 4.00. The smallest absolute Gasteiger partial charge is 0.339 e. The standard InChI is InChI=1S/C22H25N5O4S2/c1-13(2)27-19(29)17-18(24-21(33-17)26-10-6-7-11-26)25-22(27)32-12-16(28)23-15-9-5-4-8-14(15)20(30)31-3/h4-5,8-9,13H,6-7,10-12H2,1-3H3,(H,23,28). The highest BCUT2D eigenvalue weighted by atomic mass is 32.2. The molecule has 11 heteroatoms. The highest BCUT2D eigenvalue weighted by molar-refractivity contribution is 7.99. The quantitative estimate of drug-likeness (QED) is 0.306. The number of methoxy groups -OCH3 is 1. The van der Waals surface area contributed by atoms with E-state index in [4.69, 9.17) is 4.74 Å². The van der Waals surface area contributed by atoms with Crippen LogP contribution in [-0.4, -0.2) is 52.4 Å². The first-order chi connectivity index (χ1) is 15.9. The van der Waals surface area contributed by atoms with Crippen LogP contribution >= 0.6 is 23.1 Å². The molecule has 9 nitrogen and oxygen atoms in total. The highest BCUT2D eigenvalue weighted by Gasteiger charge is 2.22. The fraction of sp³-hybridized carbons (Fsp3) is 0.409. The molecule has 1 aliphatic heterocycles. The lowest BCUT2D eigenvalue weighted by Gasteiger charge is -2.15. The second-order valence-electron chi connectivity index (χ2n) is 7.88. The molecule has 1 saturated heterocycles. The van der Waals surface area contributed by atoms with E-state index in [9.17, 15) is 14.4 Å². The number of carbonyl (C=O) groups excluding carboxylic acids is 2. The van der Waals surface area contributed by atoms with Crippen molar-refractivity contribution in [3.63, 3.8) is 0 Å². The number of anilines is 2. The van der Waals surface area contributed by atoms with Crippen LogP contribution in [0.3, 0.4) is 0 Å². The number of thiazole rings is 1. The molecular weight excluding hydrogens is 462 g/mol. The van der Waals surface area contributed by atoms with Crippen molar-refractivity contribution in [3.05, 3.63) is 40.2 Å². The van der Waals surface area contributed by atoms with E-state index in [0.29, 0.717) is 21.2 Å². The van der Waals surface area contributed by atoms with Crippen LogP contribution in [0.1, 0.15) is 43.1 Å².